The maximum atomic E-state index is 10.7. The van der Waals surface area contributed by atoms with E-state index in [4.69, 9.17) is 14.2 Å². The molecule has 2 saturated heterocycles. The summed E-state index contributed by atoms with van der Waals surface area (Å²) in [6.07, 6.45) is -13.3. The molecule has 0 radical (unpaired) electrons. The lowest BCUT2D eigenvalue weighted by Gasteiger charge is -2.46. The Bertz CT molecular complexity index is 947. The van der Waals surface area contributed by atoms with Gasteiger partial charge in [-0.3, -0.25) is 0 Å². The number of aromatic nitrogens is 2. The highest BCUT2D eigenvalue weighted by Crippen LogP contribution is 2.29. The first-order valence-electron chi connectivity index (χ1n) is 10.7. The van der Waals surface area contributed by atoms with Gasteiger partial charge in [-0.15, -0.1) is 5.10 Å². The highest BCUT2D eigenvalue weighted by atomic mass is 16.7. The Morgan fingerprint density at radius 3 is 2.32 bits per heavy atom. The molecule has 9 N–H and O–H groups in total. The molecule has 0 saturated carbocycles. The summed E-state index contributed by atoms with van der Waals surface area (Å²) >= 11 is 0. The van der Waals surface area contributed by atoms with Crippen molar-refractivity contribution in [1.29, 1.82) is 0 Å². The number of hydrogen-bond donors (Lipinski definition) is 9. The van der Waals surface area contributed by atoms with Gasteiger partial charge in [-0.1, -0.05) is 24.3 Å². The van der Waals surface area contributed by atoms with Gasteiger partial charge >= 0.3 is 0 Å². The van der Waals surface area contributed by atoms with Crippen LogP contribution in [0.3, 0.4) is 0 Å². The molecule has 2 aliphatic rings. The molecule has 0 bridgehead atoms. The first kappa shape index (κ1) is 25.0. The number of anilines is 1. The van der Waals surface area contributed by atoms with E-state index >= 15 is 0 Å². The lowest BCUT2D eigenvalue weighted by Crippen LogP contribution is -2.66. The Morgan fingerprint density at radius 1 is 0.853 bits per heavy atom. The molecule has 2 aromatic rings. The predicted molar refractivity (Wildman–Crippen MR) is 113 cm³/mol. The standard InChI is InChI=1S/C20H28N4O10/c25-6-10-12(27)13(28)16(31)20(33-10)34-17-11(7-26)32-19(15(30)14(17)29)24-23-18-9-4-2-1-3-8(9)5-21-22-18/h1-5,10-17,19-20,24-31H,6-7H2,(H,22,23)/t10-,11-,12+,13-,14-,15-,16-,17-,19-,20+/m1/s1. The molecule has 188 valence electrons. The first-order chi connectivity index (χ1) is 16.3. The molecule has 1 aromatic carbocycles. The van der Waals surface area contributed by atoms with E-state index in [0.29, 0.717) is 5.82 Å². The fourth-order valence-corrected chi connectivity index (χ4v) is 3.97. The molecule has 0 spiro atoms. The Balaban J connectivity index is 1.44. The van der Waals surface area contributed by atoms with Crippen LogP contribution in [0.5, 0.6) is 0 Å². The third kappa shape index (κ3) is 4.84. The molecular formula is C20H28N4O10. The lowest BCUT2D eigenvalue weighted by molar-refractivity contribution is -0.343. The highest BCUT2D eigenvalue weighted by Gasteiger charge is 2.50. The van der Waals surface area contributed by atoms with Crippen molar-refractivity contribution in [3.63, 3.8) is 0 Å². The third-order valence-electron chi connectivity index (χ3n) is 5.91. The zero-order valence-electron chi connectivity index (χ0n) is 17.8. The molecule has 2 aliphatic heterocycles. The molecular weight excluding hydrogens is 456 g/mol. The van der Waals surface area contributed by atoms with Gasteiger partial charge in [0.05, 0.1) is 19.4 Å². The average Bonchev–Trinajstić information content (AvgIpc) is 2.86. The van der Waals surface area contributed by atoms with Crippen LogP contribution in [-0.4, -0.2) is 121 Å². The number of hydrogen-bond acceptors (Lipinski definition) is 14. The number of fused-ring (bicyclic) bond motifs is 1. The number of hydrazine groups is 1. The van der Waals surface area contributed by atoms with Crippen LogP contribution in [0.1, 0.15) is 0 Å². The van der Waals surface area contributed by atoms with Crippen LogP contribution < -0.4 is 10.9 Å². The second kappa shape index (κ2) is 10.7. The molecule has 0 amide bonds. The highest BCUT2D eigenvalue weighted by molar-refractivity contribution is 5.90. The Hall–Kier alpha value is -2.08. The van der Waals surface area contributed by atoms with Gasteiger partial charge in [-0.2, -0.15) is 5.10 Å². The van der Waals surface area contributed by atoms with Gasteiger partial charge in [0.25, 0.3) is 0 Å². The normalized spacial score (nSPS) is 38.7. The summed E-state index contributed by atoms with van der Waals surface area (Å²) in [7, 11) is 0. The molecule has 2 fully saturated rings. The van der Waals surface area contributed by atoms with Crippen LogP contribution in [-0.2, 0) is 14.2 Å². The van der Waals surface area contributed by atoms with E-state index in [-0.39, 0.29) is 0 Å². The fourth-order valence-electron chi connectivity index (χ4n) is 3.97. The van der Waals surface area contributed by atoms with Gasteiger partial charge in [0.15, 0.2) is 18.3 Å². The lowest BCUT2D eigenvalue weighted by atomic mass is 9.96. The Morgan fingerprint density at radius 2 is 1.59 bits per heavy atom. The zero-order chi connectivity index (χ0) is 24.4. The second-order valence-electron chi connectivity index (χ2n) is 8.11. The number of aliphatic hydroxyl groups is 7. The monoisotopic (exact) mass is 484 g/mol. The number of ether oxygens (including phenoxy) is 3. The SMILES string of the molecule is OC[C@H]1O[C@@H](O[C@H]2[C@H](O)[C@@H](O)[C@H](NNc3nncc4ccccc34)O[C@@H]2CO)[C@H](O)[C@H](O)[C@H]1O. The minimum absolute atomic E-state index is 0.337. The van der Waals surface area contributed by atoms with Crippen molar-refractivity contribution < 1.29 is 50.0 Å². The van der Waals surface area contributed by atoms with Crippen LogP contribution in [0, 0.1) is 0 Å². The molecule has 4 rings (SSSR count). The average molecular weight is 484 g/mol. The largest absolute Gasteiger partial charge is 0.394 e. The van der Waals surface area contributed by atoms with Crippen LogP contribution in [0.15, 0.2) is 30.5 Å². The maximum Gasteiger partial charge on any atom is 0.187 e. The molecule has 0 aliphatic carbocycles. The van der Waals surface area contributed by atoms with E-state index in [1.165, 1.54) is 0 Å². The number of benzene rings is 1. The first-order valence-corrected chi connectivity index (χ1v) is 10.7. The van der Waals surface area contributed by atoms with Crippen molar-refractivity contribution in [1.82, 2.24) is 15.6 Å². The summed E-state index contributed by atoms with van der Waals surface area (Å²) in [5, 5.41) is 79.9. The van der Waals surface area contributed by atoms with Crippen molar-refractivity contribution in [2.24, 2.45) is 0 Å². The van der Waals surface area contributed by atoms with E-state index in [0.717, 1.165) is 10.8 Å². The van der Waals surface area contributed by atoms with E-state index in [1.54, 1.807) is 6.20 Å². The molecule has 1 aromatic heterocycles. The van der Waals surface area contributed by atoms with E-state index in [9.17, 15) is 35.7 Å². The topological polar surface area (TPSA) is 219 Å². The van der Waals surface area contributed by atoms with Crippen LogP contribution >= 0.6 is 0 Å². The molecule has 14 nitrogen and oxygen atoms in total. The van der Waals surface area contributed by atoms with Crippen molar-refractivity contribution >= 4 is 16.6 Å². The molecule has 3 heterocycles. The van der Waals surface area contributed by atoms with Gasteiger partial charge in [0.2, 0.25) is 0 Å². The predicted octanol–water partition coefficient (Wildman–Crippen LogP) is -3.83. The molecule has 14 heteroatoms. The summed E-state index contributed by atoms with van der Waals surface area (Å²) in [6, 6.07) is 7.30. The summed E-state index contributed by atoms with van der Waals surface area (Å²) in [6.45, 7) is -1.31. The number of nitrogens with one attached hydrogen (secondary N) is 2. The Kier molecular flexibility index (Phi) is 7.86. The van der Waals surface area contributed by atoms with Crippen molar-refractivity contribution in [2.45, 2.75) is 61.3 Å². The van der Waals surface area contributed by atoms with Gasteiger partial charge in [0.1, 0.15) is 48.8 Å². The summed E-state index contributed by atoms with van der Waals surface area (Å²) in [4.78, 5) is 0. The smallest absolute Gasteiger partial charge is 0.187 e. The minimum Gasteiger partial charge on any atom is -0.394 e. The van der Waals surface area contributed by atoms with E-state index < -0.39 is 74.6 Å². The molecule has 34 heavy (non-hydrogen) atoms. The number of rotatable bonds is 7. The zero-order valence-corrected chi connectivity index (χ0v) is 17.8. The van der Waals surface area contributed by atoms with Crippen molar-refractivity contribution in [3.8, 4) is 0 Å². The summed E-state index contributed by atoms with van der Waals surface area (Å²) < 4.78 is 16.4. The third-order valence-corrected chi connectivity index (χ3v) is 5.91. The quantitative estimate of drug-likeness (QED) is 0.172. The summed E-state index contributed by atoms with van der Waals surface area (Å²) in [5.41, 5.74) is 5.48. The second-order valence-corrected chi connectivity index (χ2v) is 8.11. The Labute approximate surface area is 193 Å². The number of aliphatic hydroxyl groups excluding tert-OH is 7. The van der Waals surface area contributed by atoms with E-state index in [1.807, 2.05) is 24.3 Å². The molecule has 10 atom stereocenters. The minimum atomic E-state index is -1.73. The van der Waals surface area contributed by atoms with Gasteiger partial charge in [0, 0.05) is 10.8 Å². The van der Waals surface area contributed by atoms with Crippen molar-refractivity contribution in [3.05, 3.63) is 30.5 Å². The van der Waals surface area contributed by atoms with Gasteiger partial charge in [-0.05, 0) is 0 Å². The molecule has 0 unspecified atom stereocenters. The maximum absolute atomic E-state index is 10.7. The van der Waals surface area contributed by atoms with Crippen molar-refractivity contribution in [2.75, 3.05) is 18.6 Å². The van der Waals surface area contributed by atoms with Gasteiger partial charge in [-0.25, -0.2) is 5.43 Å². The summed E-state index contributed by atoms with van der Waals surface area (Å²) in [5.74, 6) is 0.337. The van der Waals surface area contributed by atoms with E-state index in [2.05, 4.69) is 21.0 Å². The van der Waals surface area contributed by atoms with Gasteiger partial charge < -0.3 is 55.4 Å². The number of nitrogens with zero attached hydrogens (tertiary/aromatic N) is 2. The van der Waals surface area contributed by atoms with Crippen LogP contribution in [0.25, 0.3) is 10.8 Å². The fraction of sp³-hybridized carbons (Fsp3) is 0.600. The van der Waals surface area contributed by atoms with Crippen LogP contribution in [0.4, 0.5) is 5.82 Å². The van der Waals surface area contributed by atoms with Crippen LogP contribution in [0.2, 0.25) is 0 Å².